The van der Waals surface area contributed by atoms with Crippen molar-refractivity contribution in [2.75, 3.05) is 0 Å². The van der Waals surface area contributed by atoms with Crippen LogP contribution in [0, 0.1) is 0 Å². The van der Waals surface area contributed by atoms with E-state index < -0.39 is 5.60 Å². The Morgan fingerprint density at radius 1 is 0.750 bits per heavy atom. The van der Waals surface area contributed by atoms with Gasteiger partial charge in [0, 0.05) is 5.56 Å². The normalized spacial score (nSPS) is 12.3. The fourth-order valence-electron chi connectivity index (χ4n) is 4.59. The fourth-order valence-corrected chi connectivity index (χ4v) is 4.59. The Labute approximate surface area is 189 Å². The second kappa shape index (κ2) is 7.89. The monoisotopic (exact) mass is 418 g/mol. The first-order valence-corrected chi connectivity index (χ1v) is 11.1. The third kappa shape index (κ3) is 3.79. The Balaban J connectivity index is 1.36. The average Bonchev–Trinajstić information content (AvgIpc) is 3.18. The molecule has 0 amide bonds. The van der Waals surface area contributed by atoms with Gasteiger partial charge in [0.2, 0.25) is 0 Å². The molecule has 0 spiro atoms. The molecule has 0 saturated carbocycles. The highest BCUT2D eigenvalue weighted by Crippen LogP contribution is 2.41. The van der Waals surface area contributed by atoms with Crippen LogP contribution in [-0.4, -0.2) is 16.5 Å². The van der Waals surface area contributed by atoms with Gasteiger partial charge in [0.05, 0.1) is 0 Å². The SMILES string of the molecule is CC(C)(O)C(=O)c1ccc(Cc2ccc(-c3cccc4c3Cc3ccccc3-4)cc2)cc1. The van der Waals surface area contributed by atoms with Crippen LogP contribution in [0.25, 0.3) is 22.3 Å². The third-order valence-corrected chi connectivity index (χ3v) is 6.30. The Hall–Kier alpha value is -3.49. The molecule has 0 unspecified atom stereocenters. The maximum absolute atomic E-state index is 12.2. The molecular weight excluding hydrogens is 392 g/mol. The average molecular weight is 419 g/mol. The van der Waals surface area contributed by atoms with E-state index in [2.05, 4.69) is 66.7 Å². The first-order chi connectivity index (χ1) is 15.4. The molecular formula is C30H26O2. The lowest BCUT2D eigenvalue weighted by Crippen LogP contribution is -2.31. The molecule has 5 rings (SSSR count). The topological polar surface area (TPSA) is 37.3 Å². The van der Waals surface area contributed by atoms with E-state index in [1.807, 2.05) is 12.1 Å². The molecule has 1 aliphatic carbocycles. The summed E-state index contributed by atoms with van der Waals surface area (Å²) in [6.07, 6.45) is 1.79. The van der Waals surface area contributed by atoms with Gasteiger partial charge in [-0.05, 0) is 71.2 Å². The summed E-state index contributed by atoms with van der Waals surface area (Å²) in [5, 5.41) is 9.92. The Kier molecular flexibility index (Phi) is 5.03. The zero-order chi connectivity index (χ0) is 22.3. The number of carbonyl (C=O) groups excluding carboxylic acids is 1. The highest BCUT2D eigenvalue weighted by atomic mass is 16.3. The predicted octanol–water partition coefficient (Wildman–Crippen LogP) is 6.47. The van der Waals surface area contributed by atoms with Crippen LogP contribution in [-0.2, 0) is 12.8 Å². The maximum Gasteiger partial charge on any atom is 0.193 e. The van der Waals surface area contributed by atoms with E-state index in [0.717, 1.165) is 18.4 Å². The molecule has 0 fully saturated rings. The van der Waals surface area contributed by atoms with Gasteiger partial charge in [-0.25, -0.2) is 0 Å². The van der Waals surface area contributed by atoms with Crippen LogP contribution in [0.4, 0.5) is 0 Å². The van der Waals surface area contributed by atoms with Crippen LogP contribution in [0.5, 0.6) is 0 Å². The molecule has 32 heavy (non-hydrogen) atoms. The molecule has 4 aromatic carbocycles. The van der Waals surface area contributed by atoms with Crippen LogP contribution in [0.1, 0.15) is 46.5 Å². The lowest BCUT2D eigenvalue weighted by atomic mass is 9.93. The van der Waals surface area contributed by atoms with Crippen LogP contribution < -0.4 is 0 Å². The van der Waals surface area contributed by atoms with Crippen molar-refractivity contribution in [3.63, 3.8) is 0 Å². The summed E-state index contributed by atoms with van der Waals surface area (Å²) in [4.78, 5) is 12.2. The van der Waals surface area contributed by atoms with Crippen molar-refractivity contribution in [3.8, 4) is 22.3 Å². The highest BCUT2D eigenvalue weighted by Gasteiger charge is 2.25. The largest absolute Gasteiger partial charge is 0.382 e. The minimum atomic E-state index is -1.35. The lowest BCUT2D eigenvalue weighted by Gasteiger charge is -2.15. The first-order valence-electron chi connectivity index (χ1n) is 11.1. The highest BCUT2D eigenvalue weighted by molar-refractivity contribution is 6.01. The van der Waals surface area contributed by atoms with Gasteiger partial charge in [0.15, 0.2) is 5.78 Å². The van der Waals surface area contributed by atoms with Crippen molar-refractivity contribution in [1.29, 1.82) is 0 Å². The summed E-state index contributed by atoms with van der Waals surface area (Å²) >= 11 is 0. The van der Waals surface area contributed by atoms with Gasteiger partial charge in [-0.2, -0.15) is 0 Å². The van der Waals surface area contributed by atoms with E-state index in [9.17, 15) is 9.90 Å². The molecule has 4 aromatic rings. The quantitative estimate of drug-likeness (QED) is 0.332. The van der Waals surface area contributed by atoms with Gasteiger partial charge in [-0.15, -0.1) is 0 Å². The number of rotatable bonds is 5. The molecule has 2 heteroatoms. The minimum Gasteiger partial charge on any atom is -0.382 e. The number of aliphatic hydroxyl groups is 1. The Morgan fingerprint density at radius 2 is 1.34 bits per heavy atom. The number of benzene rings is 4. The molecule has 0 aromatic heterocycles. The summed E-state index contributed by atoms with van der Waals surface area (Å²) in [7, 11) is 0. The zero-order valence-electron chi connectivity index (χ0n) is 18.4. The van der Waals surface area contributed by atoms with Gasteiger partial charge in [-0.1, -0.05) is 91.0 Å². The van der Waals surface area contributed by atoms with E-state index in [1.54, 1.807) is 12.1 Å². The van der Waals surface area contributed by atoms with Gasteiger partial charge in [0.1, 0.15) is 5.60 Å². The van der Waals surface area contributed by atoms with Gasteiger partial charge < -0.3 is 5.11 Å². The molecule has 0 aliphatic heterocycles. The number of ketones is 1. The van der Waals surface area contributed by atoms with Crippen LogP contribution in [0.15, 0.2) is 91.0 Å². The third-order valence-electron chi connectivity index (χ3n) is 6.30. The second-order valence-corrected chi connectivity index (χ2v) is 9.12. The summed E-state index contributed by atoms with van der Waals surface area (Å²) in [6.45, 7) is 3.04. The van der Waals surface area contributed by atoms with Crippen molar-refractivity contribution >= 4 is 5.78 Å². The summed E-state index contributed by atoms with van der Waals surface area (Å²) < 4.78 is 0. The molecule has 0 bridgehead atoms. The molecule has 0 saturated heterocycles. The van der Waals surface area contributed by atoms with Crippen molar-refractivity contribution < 1.29 is 9.90 Å². The van der Waals surface area contributed by atoms with Crippen molar-refractivity contribution in [2.45, 2.75) is 32.3 Å². The van der Waals surface area contributed by atoms with Crippen LogP contribution in [0.2, 0.25) is 0 Å². The maximum atomic E-state index is 12.2. The lowest BCUT2D eigenvalue weighted by molar-refractivity contribution is 0.0488. The molecule has 0 heterocycles. The minimum absolute atomic E-state index is 0.258. The molecule has 1 N–H and O–H groups in total. The van der Waals surface area contributed by atoms with Crippen LogP contribution in [0.3, 0.4) is 0 Å². The number of hydrogen-bond acceptors (Lipinski definition) is 2. The molecule has 0 radical (unpaired) electrons. The molecule has 1 aliphatic rings. The molecule has 158 valence electrons. The summed E-state index contributed by atoms with van der Waals surface area (Å²) in [5.41, 5.74) is 9.62. The zero-order valence-corrected chi connectivity index (χ0v) is 18.4. The van der Waals surface area contributed by atoms with E-state index >= 15 is 0 Å². The summed E-state index contributed by atoms with van der Waals surface area (Å²) in [6, 6.07) is 31.6. The predicted molar refractivity (Wildman–Crippen MR) is 130 cm³/mol. The number of carbonyl (C=O) groups is 1. The fraction of sp³-hybridized carbons (Fsp3) is 0.167. The number of fused-ring (bicyclic) bond motifs is 3. The Bertz CT molecular complexity index is 1290. The first kappa shape index (κ1) is 20.4. The molecule has 0 atom stereocenters. The number of hydrogen-bond donors (Lipinski definition) is 1. The summed E-state index contributed by atoms with van der Waals surface area (Å²) in [5.74, 6) is -0.258. The van der Waals surface area contributed by atoms with Gasteiger partial charge >= 0.3 is 0 Å². The molecule has 2 nitrogen and oxygen atoms in total. The van der Waals surface area contributed by atoms with E-state index in [1.165, 1.54) is 52.8 Å². The van der Waals surface area contributed by atoms with Gasteiger partial charge in [-0.3, -0.25) is 4.79 Å². The van der Waals surface area contributed by atoms with Crippen LogP contribution >= 0.6 is 0 Å². The standard InChI is InChI=1S/C30H26O2/c1-30(2,32)29(31)23-16-12-21(13-17-23)18-20-10-14-22(15-11-20)25-8-5-9-27-26-7-4-3-6-24(26)19-28(25)27/h3-17,32H,18-19H2,1-2H3. The Morgan fingerprint density at radius 3 is 2.03 bits per heavy atom. The smallest absolute Gasteiger partial charge is 0.193 e. The van der Waals surface area contributed by atoms with E-state index in [-0.39, 0.29) is 5.78 Å². The second-order valence-electron chi connectivity index (χ2n) is 9.12. The van der Waals surface area contributed by atoms with E-state index in [4.69, 9.17) is 0 Å². The van der Waals surface area contributed by atoms with E-state index in [0.29, 0.717) is 5.56 Å². The van der Waals surface area contributed by atoms with Crippen molar-refractivity contribution in [2.24, 2.45) is 0 Å². The van der Waals surface area contributed by atoms with Crippen molar-refractivity contribution in [3.05, 3.63) is 119 Å². The van der Waals surface area contributed by atoms with Gasteiger partial charge in [0.25, 0.3) is 0 Å². The van der Waals surface area contributed by atoms with Crippen molar-refractivity contribution in [1.82, 2.24) is 0 Å². The number of Topliss-reactive ketones (excluding diaryl/α,β-unsaturated/α-hetero) is 1.